The predicted molar refractivity (Wildman–Crippen MR) is 89.7 cm³/mol. The Morgan fingerprint density at radius 1 is 1.09 bits per heavy atom. The summed E-state index contributed by atoms with van der Waals surface area (Å²) in [4.78, 5) is 23.3. The Bertz CT molecular complexity index is 505. The van der Waals surface area contributed by atoms with Crippen LogP contribution in [0.3, 0.4) is 0 Å². The van der Waals surface area contributed by atoms with E-state index in [4.69, 9.17) is 9.47 Å². The summed E-state index contributed by atoms with van der Waals surface area (Å²) in [5.41, 5.74) is 0.938. The van der Waals surface area contributed by atoms with Crippen molar-refractivity contribution in [3.63, 3.8) is 0 Å². The van der Waals surface area contributed by atoms with Crippen molar-refractivity contribution in [1.82, 2.24) is 0 Å². The van der Waals surface area contributed by atoms with Crippen LogP contribution in [-0.2, 0) is 19.1 Å². The number of hydrogen-bond acceptors (Lipinski definition) is 4. The fourth-order valence-electron chi connectivity index (χ4n) is 2.08. The van der Waals surface area contributed by atoms with Crippen molar-refractivity contribution in [3.05, 3.63) is 48.0 Å². The molecule has 0 spiro atoms. The Morgan fingerprint density at radius 2 is 1.74 bits per heavy atom. The van der Waals surface area contributed by atoms with Crippen LogP contribution in [0.5, 0.6) is 0 Å². The summed E-state index contributed by atoms with van der Waals surface area (Å²) in [6.45, 7) is 6.55. The molecule has 1 rings (SSSR count). The second kappa shape index (κ2) is 10.6. The summed E-state index contributed by atoms with van der Waals surface area (Å²) in [7, 11) is 0. The largest absolute Gasteiger partial charge is 0.463 e. The lowest BCUT2D eigenvalue weighted by Gasteiger charge is -2.15. The highest BCUT2D eigenvalue weighted by Crippen LogP contribution is 2.20. The summed E-state index contributed by atoms with van der Waals surface area (Å²) < 4.78 is 10.4. The summed E-state index contributed by atoms with van der Waals surface area (Å²) in [5.74, 6) is -0.471. The predicted octanol–water partition coefficient (Wildman–Crippen LogP) is 4.22. The maximum absolute atomic E-state index is 11.8. The van der Waals surface area contributed by atoms with Crippen LogP contribution < -0.4 is 0 Å². The zero-order valence-corrected chi connectivity index (χ0v) is 14.2. The summed E-state index contributed by atoms with van der Waals surface area (Å²) >= 11 is 0. The Balaban J connectivity index is 2.38. The van der Waals surface area contributed by atoms with Crippen LogP contribution in [-0.4, -0.2) is 18.5 Å². The number of esters is 2. The first kappa shape index (κ1) is 18.9. The molecule has 0 radical (unpaired) electrons. The SMILES string of the molecule is CCC(OC(=O)/C=C/C(=O)OCCCC(C)C)c1ccccc1. The standard InChI is InChI=1S/C19H26O4/c1-4-17(16-10-6-5-7-11-16)23-19(21)13-12-18(20)22-14-8-9-15(2)3/h5-7,10-13,15,17H,4,8-9,14H2,1-3H3/b13-12+. The van der Waals surface area contributed by atoms with Crippen molar-refractivity contribution in [1.29, 1.82) is 0 Å². The maximum Gasteiger partial charge on any atom is 0.331 e. The molecule has 4 heteroatoms. The van der Waals surface area contributed by atoms with Crippen molar-refractivity contribution in [2.45, 2.75) is 46.1 Å². The monoisotopic (exact) mass is 318 g/mol. The molecule has 0 aromatic heterocycles. The van der Waals surface area contributed by atoms with Gasteiger partial charge in [-0.25, -0.2) is 9.59 Å². The molecule has 1 aromatic rings. The zero-order chi connectivity index (χ0) is 17.1. The van der Waals surface area contributed by atoms with E-state index in [2.05, 4.69) is 13.8 Å². The number of carbonyl (C=O) groups is 2. The molecule has 0 heterocycles. The van der Waals surface area contributed by atoms with Gasteiger partial charge in [0.15, 0.2) is 0 Å². The average molecular weight is 318 g/mol. The molecule has 0 aliphatic rings. The number of carbonyl (C=O) groups excluding carboxylic acids is 2. The molecule has 23 heavy (non-hydrogen) atoms. The normalized spacial score (nSPS) is 12.3. The van der Waals surface area contributed by atoms with Crippen LogP contribution in [0.1, 0.15) is 51.7 Å². The van der Waals surface area contributed by atoms with E-state index in [1.54, 1.807) is 0 Å². The van der Waals surface area contributed by atoms with E-state index in [0.29, 0.717) is 18.9 Å². The van der Waals surface area contributed by atoms with Crippen LogP contribution in [0.4, 0.5) is 0 Å². The van der Waals surface area contributed by atoms with Gasteiger partial charge in [0.1, 0.15) is 6.10 Å². The molecular formula is C19H26O4. The van der Waals surface area contributed by atoms with Crippen LogP contribution >= 0.6 is 0 Å². The van der Waals surface area contributed by atoms with E-state index in [1.165, 1.54) is 0 Å². The quantitative estimate of drug-likeness (QED) is 0.389. The first-order chi connectivity index (χ1) is 11.0. The Hall–Kier alpha value is -2.10. The number of rotatable bonds is 9. The lowest BCUT2D eigenvalue weighted by Crippen LogP contribution is -2.10. The Morgan fingerprint density at radius 3 is 2.35 bits per heavy atom. The van der Waals surface area contributed by atoms with E-state index in [0.717, 1.165) is 30.6 Å². The van der Waals surface area contributed by atoms with Crippen LogP contribution in [0.15, 0.2) is 42.5 Å². The fraction of sp³-hybridized carbons (Fsp3) is 0.474. The number of ether oxygens (including phenoxy) is 2. The maximum atomic E-state index is 11.8. The average Bonchev–Trinajstić information content (AvgIpc) is 2.55. The van der Waals surface area contributed by atoms with E-state index in [-0.39, 0.29) is 6.10 Å². The minimum absolute atomic E-state index is 0.310. The molecule has 1 unspecified atom stereocenters. The molecule has 4 nitrogen and oxygen atoms in total. The molecule has 0 bridgehead atoms. The highest BCUT2D eigenvalue weighted by atomic mass is 16.5. The van der Waals surface area contributed by atoms with Gasteiger partial charge in [-0.15, -0.1) is 0 Å². The van der Waals surface area contributed by atoms with Gasteiger partial charge in [-0.1, -0.05) is 51.1 Å². The molecule has 1 atom stereocenters. The smallest absolute Gasteiger partial charge is 0.331 e. The molecule has 0 N–H and O–H groups in total. The van der Waals surface area contributed by atoms with E-state index in [9.17, 15) is 9.59 Å². The molecule has 126 valence electrons. The lowest BCUT2D eigenvalue weighted by molar-refractivity contribution is -0.144. The molecule has 0 amide bonds. The van der Waals surface area contributed by atoms with Crippen molar-refractivity contribution < 1.29 is 19.1 Å². The van der Waals surface area contributed by atoms with Crippen molar-refractivity contribution in [2.75, 3.05) is 6.61 Å². The second-order valence-corrected chi connectivity index (χ2v) is 5.78. The highest BCUT2D eigenvalue weighted by Gasteiger charge is 2.13. The second-order valence-electron chi connectivity index (χ2n) is 5.78. The minimum Gasteiger partial charge on any atom is -0.463 e. The van der Waals surface area contributed by atoms with Crippen LogP contribution in [0.25, 0.3) is 0 Å². The zero-order valence-electron chi connectivity index (χ0n) is 14.2. The molecule has 0 aliphatic carbocycles. The van der Waals surface area contributed by atoms with E-state index < -0.39 is 11.9 Å². The topological polar surface area (TPSA) is 52.6 Å². The van der Waals surface area contributed by atoms with Gasteiger partial charge in [-0.3, -0.25) is 0 Å². The molecule has 0 saturated heterocycles. The van der Waals surface area contributed by atoms with Gasteiger partial charge in [0, 0.05) is 12.2 Å². The lowest BCUT2D eigenvalue weighted by atomic mass is 10.1. The summed E-state index contributed by atoms with van der Waals surface area (Å²) in [6.07, 6.45) is 4.44. The van der Waals surface area contributed by atoms with Gasteiger partial charge in [0.25, 0.3) is 0 Å². The van der Waals surface area contributed by atoms with Gasteiger partial charge >= 0.3 is 11.9 Å². The molecule has 0 aliphatic heterocycles. The number of hydrogen-bond donors (Lipinski definition) is 0. The summed E-state index contributed by atoms with van der Waals surface area (Å²) in [5, 5.41) is 0. The molecule has 0 fully saturated rings. The van der Waals surface area contributed by atoms with Crippen LogP contribution in [0, 0.1) is 5.92 Å². The number of benzene rings is 1. The first-order valence-corrected chi connectivity index (χ1v) is 8.13. The highest BCUT2D eigenvalue weighted by molar-refractivity contribution is 5.91. The van der Waals surface area contributed by atoms with E-state index in [1.807, 2.05) is 37.3 Å². The third-order valence-corrected chi connectivity index (χ3v) is 3.33. The Labute approximate surface area is 138 Å². The Kier molecular flexibility index (Phi) is 8.73. The molecule has 0 saturated carbocycles. The van der Waals surface area contributed by atoms with Gasteiger partial charge in [-0.2, -0.15) is 0 Å². The van der Waals surface area contributed by atoms with Crippen molar-refractivity contribution in [2.24, 2.45) is 5.92 Å². The molecular weight excluding hydrogens is 292 g/mol. The third kappa shape index (κ3) is 8.19. The van der Waals surface area contributed by atoms with Gasteiger partial charge in [0.2, 0.25) is 0 Å². The van der Waals surface area contributed by atoms with Gasteiger partial charge < -0.3 is 9.47 Å². The fourth-order valence-corrected chi connectivity index (χ4v) is 2.08. The van der Waals surface area contributed by atoms with E-state index >= 15 is 0 Å². The van der Waals surface area contributed by atoms with Crippen molar-refractivity contribution >= 4 is 11.9 Å². The molecule has 1 aromatic carbocycles. The van der Waals surface area contributed by atoms with Gasteiger partial charge in [-0.05, 0) is 30.7 Å². The summed E-state index contributed by atoms with van der Waals surface area (Å²) in [6, 6.07) is 9.53. The van der Waals surface area contributed by atoms with Crippen molar-refractivity contribution in [3.8, 4) is 0 Å². The third-order valence-electron chi connectivity index (χ3n) is 3.33. The van der Waals surface area contributed by atoms with Crippen LogP contribution in [0.2, 0.25) is 0 Å². The minimum atomic E-state index is -0.542. The van der Waals surface area contributed by atoms with Gasteiger partial charge in [0.05, 0.1) is 6.61 Å². The first-order valence-electron chi connectivity index (χ1n) is 8.13.